The van der Waals surface area contributed by atoms with Gasteiger partial charge in [-0.05, 0) is 0 Å². The van der Waals surface area contributed by atoms with Gasteiger partial charge in [-0.15, -0.1) is 0 Å². The fourth-order valence-electron chi connectivity index (χ4n) is 6.92. The van der Waals surface area contributed by atoms with Gasteiger partial charge in [0.05, 0.1) is 0 Å². The molecule has 0 fully saturated rings. The topological polar surface area (TPSA) is 51.6 Å². The van der Waals surface area contributed by atoms with Gasteiger partial charge in [-0.25, -0.2) is 0 Å². The van der Waals surface area contributed by atoms with Crippen molar-refractivity contribution < 1.29 is 0 Å². The quantitative estimate of drug-likeness (QED) is 0.177. The zero-order valence-electron chi connectivity index (χ0n) is 25.4. The SMILES string of the molecule is CC1(C)c2ccccc2-c2cccc(-c3nc(-c4ccccc4)nc(-c4ccc5ccc6nc(-c7ccccc7)[se]c6c5c4)n3)c21. The number of hydrogen-bond donors (Lipinski definition) is 0. The summed E-state index contributed by atoms with van der Waals surface area (Å²) in [7, 11) is 0. The van der Waals surface area contributed by atoms with Crippen molar-refractivity contribution in [1.29, 1.82) is 0 Å². The van der Waals surface area contributed by atoms with E-state index < -0.39 is 0 Å². The molecule has 0 atom stereocenters. The van der Waals surface area contributed by atoms with Crippen LogP contribution < -0.4 is 0 Å². The van der Waals surface area contributed by atoms with Crippen molar-refractivity contribution in [3.63, 3.8) is 0 Å². The van der Waals surface area contributed by atoms with Gasteiger partial charge < -0.3 is 0 Å². The summed E-state index contributed by atoms with van der Waals surface area (Å²) in [6, 6.07) is 46.9. The summed E-state index contributed by atoms with van der Waals surface area (Å²) >= 11 is 0.0967. The molecule has 8 aromatic rings. The standard InChI is InChI=1S/C41H28N4Se/c1-41(2)33-19-10-9-16-29(33)30-17-11-18-31(35(30)41)39-44-37(26-12-5-3-6-13-26)43-38(45-39)28-21-20-25-22-23-34-36(32(25)24-28)46-40(42-34)27-14-7-4-8-15-27/h3-24H,1-2H3. The molecular weight excluding hydrogens is 627 g/mol. The summed E-state index contributed by atoms with van der Waals surface area (Å²) in [5.74, 6) is 2.03. The molecule has 218 valence electrons. The van der Waals surface area contributed by atoms with E-state index in [0.717, 1.165) is 26.8 Å². The van der Waals surface area contributed by atoms with Gasteiger partial charge in [-0.3, -0.25) is 0 Å². The third kappa shape index (κ3) is 4.28. The number of benzene rings is 6. The number of hydrogen-bond acceptors (Lipinski definition) is 4. The Morgan fingerprint density at radius 2 is 1.13 bits per heavy atom. The molecule has 0 N–H and O–H groups in total. The molecule has 0 saturated heterocycles. The van der Waals surface area contributed by atoms with Crippen molar-refractivity contribution in [2.75, 3.05) is 0 Å². The fourth-order valence-corrected chi connectivity index (χ4v) is 9.22. The third-order valence-corrected chi connectivity index (χ3v) is 11.6. The second kappa shape index (κ2) is 10.4. The van der Waals surface area contributed by atoms with Crippen molar-refractivity contribution in [2.24, 2.45) is 0 Å². The van der Waals surface area contributed by atoms with Crippen molar-refractivity contribution in [3.8, 4) is 55.4 Å². The molecule has 0 amide bonds. The first-order chi connectivity index (χ1) is 22.5. The van der Waals surface area contributed by atoms with E-state index >= 15 is 0 Å². The monoisotopic (exact) mass is 656 g/mol. The first-order valence-corrected chi connectivity index (χ1v) is 17.2. The van der Waals surface area contributed by atoms with Gasteiger partial charge in [-0.2, -0.15) is 0 Å². The van der Waals surface area contributed by atoms with Crippen LogP contribution in [0.2, 0.25) is 0 Å². The second-order valence-electron chi connectivity index (χ2n) is 12.3. The van der Waals surface area contributed by atoms with E-state index in [4.69, 9.17) is 19.9 Å². The molecule has 0 bridgehead atoms. The molecule has 0 unspecified atom stereocenters. The normalized spacial score (nSPS) is 13.2. The molecule has 9 rings (SSSR count). The van der Waals surface area contributed by atoms with Gasteiger partial charge in [-0.1, -0.05) is 12.1 Å². The summed E-state index contributed by atoms with van der Waals surface area (Å²) in [6.45, 7) is 4.61. The molecular formula is C41H28N4Se. The molecule has 1 aliphatic carbocycles. The van der Waals surface area contributed by atoms with E-state index in [2.05, 4.69) is 129 Å². The number of rotatable bonds is 4. The minimum atomic E-state index is -0.190. The van der Waals surface area contributed by atoms with Crippen LogP contribution in [0.3, 0.4) is 0 Å². The van der Waals surface area contributed by atoms with Crippen molar-refractivity contribution >= 4 is 35.1 Å². The number of aromatic nitrogens is 4. The molecule has 0 radical (unpaired) electrons. The summed E-state index contributed by atoms with van der Waals surface area (Å²) in [6.07, 6.45) is 0. The molecule has 5 heteroatoms. The summed E-state index contributed by atoms with van der Waals surface area (Å²) in [4.78, 5) is 20.5. The van der Waals surface area contributed by atoms with Gasteiger partial charge in [0.25, 0.3) is 0 Å². The number of nitrogens with zero attached hydrogens (tertiary/aromatic N) is 4. The van der Waals surface area contributed by atoms with Gasteiger partial charge in [0.1, 0.15) is 0 Å². The molecule has 4 nitrogen and oxygen atoms in total. The molecule has 46 heavy (non-hydrogen) atoms. The van der Waals surface area contributed by atoms with Crippen molar-refractivity contribution in [2.45, 2.75) is 19.3 Å². The molecule has 2 heterocycles. The van der Waals surface area contributed by atoms with Crippen molar-refractivity contribution in [1.82, 2.24) is 19.9 Å². The molecule has 0 saturated carbocycles. The van der Waals surface area contributed by atoms with E-state index in [9.17, 15) is 0 Å². The van der Waals surface area contributed by atoms with Crippen LogP contribution in [0.1, 0.15) is 25.0 Å². The van der Waals surface area contributed by atoms with E-state index in [0.29, 0.717) is 17.5 Å². The predicted molar refractivity (Wildman–Crippen MR) is 189 cm³/mol. The number of fused-ring (bicyclic) bond motifs is 6. The maximum atomic E-state index is 5.22. The van der Waals surface area contributed by atoms with Gasteiger partial charge in [0.2, 0.25) is 0 Å². The van der Waals surface area contributed by atoms with Crippen LogP contribution in [-0.4, -0.2) is 34.4 Å². The third-order valence-electron chi connectivity index (χ3n) is 9.14. The second-order valence-corrected chi connectivity index (χ2v) is 14.4. The molecule has 0 aliphatic heterocycles. The molecule has 2 aromatic heterocycles. The van der Waals surface area contributed by atoms with Crippen LogP contribution >= 0.6 is 0 Å². The predicted octanol–water partition coefficient (Wildman–Crippen LogP) is 9.60. The Hall–Kier alpha value is -5.22. The Kier molecular flexibility index (Phi) is 6.14. The van der Waals surface area contributed by atoms with Crippen LogP contribution in [0.4, 0.5) is 0 Å². The molecule has 1 aliphatic rings. The van der Waals surface area contributed by atoms with Crippen molar-refractivity contribution in [3.05, 3.63) is 145 Å². The Labute approximate surface area is 273 Å². The summed E-state index contributed by atoms with van der Waals surface area (Å²) in [5, 5.41) is 2.41. The van der Waals surface area contributed by atoms with Crippen LogP contribution in [0.5, 0.6) is 0 Å². The Morgan fingerprint density at radius 1 is 0.500 bits per heavy atom. The summed E-state index contributed by atoms with van der Waals surface area (Å²) < 4.78 is 2.47. The van der Waals surface area contributed by atoms with E-state index in [1.807, 2.05) is 18.2 Å². The first kappa shape index (κ1) is 27.1. The average Bonchev–Trinajstić information content (AvgIpc) is 3.66. The van der Waals surface area contributed by atoms with Crippen LogP contribution in [0, 0.1) is 0 Å². The van der Waals surface area contributed by atoms with Crippen LogP contribution in [0.15, 0.2) is 133 Å². The molecule has 6 aromatic carbocycles. The maximum absolute atomic E-state index is 5.22. The zero-order valence-corrected chi connectivity index (χ0v) is 27.1. The van der Waals surface area contributed by atoms with E-state index in [1.165, 1.54) is 42.8 Å². The van der Waals surface area contributed by atoms with E-state index in [-0.39, 0.29) is 19.9 Å². The Bertz CT molecular complexity index is 2450. The average molecular weight is 656 g/mol. The first-order valence-electron chi connectivity index (χ1n) is 15.5. The Balaban J connectivity index is 1.25. The fraction of sp³-hybridized carbons (Fsp3) is 0.0732. The van der Waals surface area contributed by atoms with E-state index in [1.54, 1.807) is 0 Å². The van der Waals surface area contributed by atoms with Gasteiger partial charge >= 0.3 is 262 Å². The minimum absolute atomic E-state index is 0.0967. The van der Waals surface area contributed by atoms with Crippen LogP contribution in [-0.2, 0) is 5.41 Å². The zero-order chi connectivity index (χ0) is 30.8. The molecule has 0 spiro atoms. The van der Waals surface area contributed by atoms with Crippen LogP contribution in [0.25, 0.3) is 76.0 Å². The summed E-state index contributed by atoms with van der Waals surface area (Å²) in [5.41, 5.74) is 10.2. The van der Waals surface area contributed by atoms with Gasteiger partial charge in [0.15, 0.2) is 0 Å². The van der Waals surface area contributed by atoms with Gasteiger partial charge in [0, 0.05) is 0 Å². The Morgan fingerprint density at radius 3 is 1.93 bits per heavy atom.